The Morgan fingerprint density at radius 3 is 3.00 bits per heavy atom. The van der Waals surface area contributed by atoms with Crippen molar-refractivity contribution in [2.75, 3.05) is 6.61 Å². The third-order valence-corrected chi connectivity index (χ3v) is 3.51. The van der Waals surface area contributed by atoms with Gasteiger partial charge >= 0.3 is 5.97 Å². The highest BCUT2D eigenvalue weighted by Crippen LogP contribution is 2.27. The Kier molecular flexibility index (Phi) is 3.62. The molecule has 1 unspecified atom stereocenters. The second-order valence-corrected chi connectivity index (χ2v) is 5.11. The Bertz CT molecular complexity index is 468. The fourth-order valence-electron chi connectivity index (χ4n) is 2.00. The molecule has 90 valence electrons. The fraction of sp³-hybridized carbons (Fsp3) is 0.385. The van der Waals surface area contributed by atoms with Crippen LogP contribution in [0.5, 0.6) is 0 Å². The van der Waals surface area contributed by atoms with E-state index in [-0.39, 0.29) is 23.0 Å². The molecule has 0 saturated carbocycles. The molecule has 4 heteroatoms. The third kappa shape index (κ3) is 2.57. The van der Waals surface area contributed by atoms with Gasteiger partial charge in [-0.1, -0.05) is 34.1 Å². The summed E-state index contributed by atoms with van der Waals surface area (Å²) in [5.74, 6) is -0.102. The number of fused-ring (bicyclic) bond motifs is 1. The summed E-state index contributed by atoms with van der Waals surface area (Å²) in [6.45, 7) is 2.18. The average Bonchev–Trinajstić information content (AvgIpc) is 2.55. The number of hydrogen-bond donors (Lipinski definition) is 0. The SMILES string of the molecule is CCOC(=O)Cc1ccc2c(c1)CC(Br)C2=O. The van der Waals surface area contributed by atoms with E-state index in [4.69, 9.17) is 4.74 Å². The smallest absolute Gasteiger partial charge is 0.310 e. The molecule has 0 saturated heterocycles. The van der Waals surface area contributed by atoms with Crippen LogP contribution >= 0.6 is 15.9 Å². The van der Waals surface area contributed by atoms with Gasteiger partial charge in [0.15, 0.2) is 5.78 Å². The number of rotatable bonds is 3. The first-order valence-electron chi connectivity index (χ1n) is 5.57. The highest BCUT2D eigenvalue weighted by Gasteiger charge is 2.28. The standard InChI is InChI=1S/C13H13BrO3/c1-2-17-12(15)6-8-3-4-10-9(5-8)7-11(14)13(10)16/h3-5,11H,2,6-7H2,1H3. The molecule has 0 amide bonds. The number of Topliss-reactive ketones (excluding diaryl/α,β-unsaturated/α-hetero) is 1. The van der Waals surface area contributed by atoms with Gasteiger partial charge in [0.25, 0.3) is 0 Å². The zero-order chi connectivity index (χ0) is 12.4. The summed E-state index contributed by atoms with van der Waals surface area (Å²) in [6, 6.07) is 5.54. The summed E-state index contributed by atoms with van der Waals surface area (Å²) in [6.07, 6.45) is 0.965. The maximum Gasteiger partial charge on any atom is 0.310 e. The lowest BCUT2D eigenvalue weighted by Gasteiger charge is -2.04. The molecule has 1 atom stereocenters. The summed E-state index contributed by atoms with van der Waals surface area (Å²) in [5.41, 5.74) is 2.68. The van der Waals surface area contributed by atoms with Gasteiger partial charge in [-0.05, 0) is 24.5 Å². The lowest BCUT2D eigenvalue weighted by Crippen LogP contribution is -2.08. The Balaban J connectivity index is 2.16. The molecule has 2 rings (SSSR count). The van der Waals surface area contributed by atoms with Crippen LogP contribution in [0.4, 0.5) is 0 Å². The number of ether oxygens (including phenoxy) is 1. The van der Waals surface area contributed by atoms with E-state index in [1.807, 2.05) is 12.1 Å². The molecule has 0 aromatic heterocycles. The molecule has 17 heavy (non-hydrogen) atoms. The van der Waals surface area contributed by atoms with Crippen molar-refractivity contribution in [3.05, 3.63) is 34.9 Å². The summed E-state index contributed by atoms with van der Waals surface area (Å²) in [5, 5.41) is 0. The summed E-state index contributed by atoms with van der Waals surface area (Å²) in [7, 11) is 0. The van der Waals surface area contributed by atoms with Gasteiger partial charge in [0.05, 0.1) is 17.9 Å². The number of carbonyl (C=O) groups excluding carboxylic acids is 2. The van der Waals surface area contributed by atoms with Crippen LogP contribution in [-0.4, -0.2) is 23.2 Å². The largest absolute Gasteiger partial charge is 0.466 e. The minimum Gasteiger partial charge on any atom is -0.466 e. The Labute approximate surface area is 108 Å². The maximum absolute atomic E-state index is 11.7. The third-order valence-electron chi connectivity index (χ3n) is 2.77. The van der Waals surface area contributed by atoms with Crippen LogP contribution in [0.25, 0.3) is 0 Å². The lowest BCUT2D eigenvalue weighted by molar-refractivity contribution is -0.142. The van der Waals surface area contributed by atoms with E-state index < -0.39 is 0 Å². The fourth-order valence-corrected chi connectivity index (χ4v) is 2.59. The lowest BCUT2D eigenvalue weighted by atomic mass is 10.0. The van der Waals surface area contributed by atoms with Gasteiger partial charge in [-0.25, -0.2) is 0 Å². The van der Waals surface area contributed by atoms with Crippen molar-refractivity contribution < 1.29 is 14.3 Å². The van der Waals surface area contributed by atoms with Crippen molar-refractivity contribution in [1.29, 1.82) is 0 Å². The molecular formula is C13H13BrO3. The van der Waals surface area contributed by atoms with Gasteiger partial charge in [0.1, 0.15) is 0 Å². The first-order chi connectivity index (χ1) is 8.11. The molecule has 0 spiro atoms. The Morgan fingerprint density at radius 2 is 2.29 bits per heavy atom. The van der Waals surface area contributed by atoms with E-state index in [1.165, 1.54) is 0 Å². The number of alkyl halides is 1. The summed E-state index contributed by atoms with van der Waals surface area (Å²) in [4.78, 5) is 22.9. The molecule has 0 N–H and O–H groups in total. The zero-order valence-electron chi connectivity index (χ0n) is 9.53. The molecule has 0 bridgehead atoms. The molecule has 1 aliphatic carbocycles. The van der Waals surface area contributed by atoms with Crippen molar-refractivity contribution in [1.82, 2.24) is 0 Å². The van der Waals surface area contributed by atoms with E-state index in [9.17, 15) is 9.59 Å². The van der Waals surface area contributed by atoms with E-state index in [2.05, 4.69) is 15.9 Å². The topological polar surface area (TPSA) is 43.4 Å². The number of esters is 1. The average molecular weight is 297 g/mol. The number of carbonyl (C=O) groups is 2. The monoisotopic (exact) mass is 296 g/mol. The van der Waals surface area contributed by atoms with E-state index in [0.717, 1.165) is 16.7 Å². The van der Waals surface area contributed by atoms with E-state index in [0.29, 0.717) is 13.0 Å². The van der Waals surface area contributed by atoms with Crippen molar-refractivity contribution >= 4 is 27.7 Å². The second-order valence-electron chi connectivity index (χ2n) is 4.01. The first-order valence-corrected chi connectivity index (χ1v) is 6.49. The molecule has 1 aromatic carbocycles. The van der Waals surface area contributed by atoms with Gasteiger partial charge < -0.3 is 4.74 Å². The zero-order valence-corrected chi connectivity index (χ0v) is 11.1. The number of hydrogen-bond acceptors (Lipinski definition) is 3. The van der Waals surface area contributed by atoms with Crippen LogP contribution in [0, 0.1) is 0 Å². The second kappa shape index (κ2) is 5.00. The molecule has 0 heterocycles. The van der Waals surface area contributed by atoms with Crippen molar-refractivity contribution in [2.45, 2.75) is 24.6 Å². The predicted molar refractivity (Wildman–Crippen MR) is 67.5 cm³/mol. The molecular weight excluding hydrogens is 284 g/mol. The van der Waals surface area contributed by atoms with Crippen LogP contribution in [0.15, 0.2) is 18.2 Å². The highest BCUT2D eigenvalue weighted by atomic mass is 79.9. The Hall–Kier alpha value is -1.16. The van der Waals surface area contributed by atoms with Crippen LogP contribution in [0.1, 0.15) is 28.4 Å². The van der Waals surface area contributed by atoms with Gasteiger partial charge in [-0.15, -0.1) is 0 Å². The molecule has 1 aliphatic rings. The summed E-state index contributed by atoms with van der Waals surface area (Å²) >= 11 is 3.34. The quantitative estimate of drug-likeness (QED) is 0.635. The maximum atomic E-state index is 11.7. The van der Waals surface area contributed by atoms with Crippen molar-refractivity contribution in [2.24, 2.45) is 0 Å². The van der Waals surface area contributed by atoms with Crippen LogP contribution in [-0.2, 0) is 22.4 Å². The first kappa shape index (κ1) is 12.3. The van der Waals surface area contributed by atoms with E-state index >= 15 is 0 Å². The molecule has 0 aliphatic heterocycles. The highest BCUT2D eigenvalue weighted by molar-refractivity contribution is 9.10. The van der Waals surface area contributed by atoms with Crippen LogP contribution in [0.2, 0.25) is 0 Å². The molecule has 1 aromatic rings. The Morgan fingerprint density at radius 1 is 1.53 bits per heavy atom. The normalized spacial score (nSPS) is 18.0. The van der Waals surface area contributed by atoms with Crippen LogP contribution in [0.3, 0.4) is 0 Å². The van der Waals surface area contributed by atoms with Crippen molar-refractivity contribution in [3.8, 4) is 0 Å². The number of benzene rings is 1. The minimum absolute atomic E-state index is 0.115. The minimum atomic E-state index is -0.229. The molecule has 0 fully saturated rings. The molecule has 3 nitrogen and oxygen atoms in total. The van der Waals surface area contributed by atoms with Gasteiger partial charge in [-0.3, -0.25) is 9.59 Å². The molecule has 0 radical (unpaired) electrons. The number of halogens is 1. The summed E-state index contributed by atoms with van der Waals surface area (Å²) < 4.78 is 4.89. The van der Waals surface area contributed by atoms with Crippen molar-refractivity contribution in [3.63, 3.8) is 0 Å². The van der Waals surface area contributed by atoms with Gasteiger partial charge in [0, 0.05) is 5.56 Å². The van der Waals surface area contributed by atoms with Crippen LogP contribution < -0.4 is 0 Å². The predicted octanol–water partition coefficient (Wildman–Crippen LogP) is 2.29. The van der Waals surface area contributed by atoms with Gasteiger partial charge in [-0.2, -0.15) is 0 Å². The van der Waals surface area contributed by atoms with Gasteiger partial charge in [0.2, 0.25) is 0 Å². The number of ketones is 1. The van der Waals surface area contributed by atoms with E-state index in [1.54, 1.807) is 13.0 Å².